The zero-order chi connectivity index (χ0) is 13.5. The highest BCUT2D eigenvalue weighted by molar-refractivity contribution is 9.09. The van der Waals surface area contributed by atoms with Crippen molar-refractivity contribution < 1.29 is 9.47 Å². The van der Waals surface area contributed by atoms with Crippen molar-refractivity contribution in [3.8, 4) is 11.5 Å². The van der Waals surface area contributed by atoms with Gasteiger partial charge in [-0.05, 0) is 55.9 Å². The molecule has 106 valence electrons. The molecule has 0 saturated heterocycles. The van der Waals surface area contributed by atoms with Crippen LogP contribution >= 0.6 is 15.9 Å². The van der Waals surface area contributed by atoms with E-state index >= 15 is 0 Å². The summed E-state index contributed by atoms with van der Waals surface area (Å²) in [6.45, 7) is 0.793. The van der Waals surface area contributed by atoms with Crippen LogP contribution < -0.4 is 9.47 Å². The van der Waals surface area contributed by atoms with Gasteiger partial charge in [0.05, 0.1) is 13.7 Å². The number of hydrogen-bond acceptors (Lipinski definition) is 2. The van der Waals surface area contributed by atoms with Gasteiger partial charge in [0.15, 0.2) is 0 Å². The summed E-state index contributed by atoms with van der Waals surface area (Å²) < 4.78 is 10.9. The summed E-state index contributed by atoms with van der Waals surface area (Å²) in [4.78, 5) is 0.675. The van der Waals surface area contributed by atoms with E-state index in [0.717, 1.165) is 30.4 Å². The summed E-state index contributed by atoms with van der Waals surface area (Å²) in [5, 5.41) is 0. The Morgan fingerprint density at radius 2 is 1.79 bits per heavy atom. The van der Waals surface area contributed by atoms with Crippen molar-refractivity contribution >= 4 is 15.9 Å². The molecule has 0 N–H and O–H groups in total. The Morgan fingerprint density at radius 3 is 2.42 bits per heavy atom. The highest BCUT2D eigenvalue weighted by Crippen LogP contribution is 2.33. The Bertz CT molecular complexity index is 358. The fraction of sp³-hybridized carbons (Fsp3) is 0.625. The van der Waals surface area contributed by atoms with E-state index in [0.29, 0.717) is 4.83 Å². The lowest BCUT2D eigenvalue weighted by molar-refractivity contribution is 0.301. The summed E-state index contributed by atoms with van der Waals surface area (Å²) in [7, 11) is 1.68. The standard InChI is InChI=1S/C16H23BrO2/c1-18-14-8-10-15(11-9-14)19-12-4-7-16(17)13-5-2-3-6-13/h8-11,13,16H,2-7,12H2,1H3. The number of rotatable bonds is 7. The normalized spacial score (nSPS) is 17.4. The van der Waals surface area contributed by atoms with Crippen LogP contribution in [0.4, 0.5) is 0 Å². The first-order chi connectivity index (χ1) is 9.29. The Labute approximate surface area is 124 Å². The number of hydrogen-bond donors (Lipinski definition) is 0. The minimum Gasteiger partial charge on any atom is -0.497 e. The number of alkyl halides is 1. The van der Waals surface area contributed by atoms with E-state index in [-0.39, 0.29) is 0 Å². The van der Waals surface area contributed by atoms with E-state index in [1.165, 1.54) is 32.1 Å². The van der Waals surface area contributed by atoms with E-state index in [2.05, 4.69) is 15.9 Å². The van der Waals surface area contributed by atoms with E-state index < -0.39 is 0 Å². The molecule has 0 amide bonds. The topological polar surface area (TPSA) is 18.5 Å². The molecule has 1 fully saturated rings. The van der Waals surface area contributed by atoms with Gasteiger partial charge in [0, 0.05) is 4.83 Å². The van der Waals surface area contributed by atoms with E-state index in [1.807, 2.05) is 24.3 Å². The van der Waals surface area contributed by atoms with Crippen molar-refractivity contribution in [1.29, 1.82) is 0 Å². The minimum atomic E-state index is 0.675. The first-order valence-electron chi connectivity index (χ1n) is 7.20. The Balaban J connectivity index is 1.62. The zero-order valence-electron chi connectivity index (χ0n) is 11.6. The predicted octanol–water partition coefficient (Wildman–Crippen LogP) is 4.81. The zero-order valence-corrected chi connectivity index (χ0v) is 13.2. The van der Waals surface area contributed by atoms with Gasteiger partial charge in [0.1, 0.15) is 11.5 Å². The van der Waals surface area contributed by atoms with Crippen molar-refractivity contribution in [3.63, 3.8) is 0 Å². The maximum Gasteiger partial charge on any atom is 0.119 e. The molecule has 0 radical (unpaired) electrons. The van der Waals surface area contributed by atoms with Crippen molar-refractivity contribution in [2.75, 3.05) is 13.7 Å². The first kappa shape index (κ1) is 14.7. The molecular weight excluding hydrogens is 304 g/mol. The highest BCUT2D eigenvalue weighted by atomic mass is 79.9. The predicted molar refractivity (Wildman–Crippen MR) is 82.4 cm³/mol. The third-order valence-corrected chi connectivity index (χ3v) is 5.07. The van der Waals surface area contributed by atoms with Crippen LogP contribution in [-0.2, 0) is 0 Å². The number of methoxy groups -OCH3 is 1. The van der Waals surface area contributed by atoms with E-state index in [4.69, 9.17) is 9.47 Å². The molecule has 1 atom stereocenters. The molecule has 2 rings (SSSR count). The second-order valence-electron chi connectivity index (χ2n) is 5.23. The minimum absolute atomic E-state index is 0.675. The summed E-state index contributed by atoms with van der Waals surface area (Å²) in [5.74, 6) is 2.68. The maximum atomic E-state index is 5.74. The third kappa shape index (κ3) is 4.72. The van der Waals surface area contributed by atoms with Crippen LogP contribution in [0.3, 0.4) is 0 Å². The molecular formula is C16H23BrO2. The van der Waals surface area contributed by atoms with Crippen molar-refractivity contribution in [2.24, 2.45) is 5.92 Å². The monoisotopic (exact) mass is 326 g/mol. The fourth-order valence-corrected chi connectivity index (χ4v) is 3.55. The van der Waals surface area contributed by atoms with Gasteiger partial charge in [-0.1, -0.05) is 28.8 Å². The fourth-order valence-electron chi connectivity index (χ4n) is 2.70. The Hall–Kier alpha value is -0.700. The van der Waals surface area contributed by atoms with Crippen molar-refractivity contribution in [3.05, 3.63) is 24.3 Å². The summed E-state index contributed by atoms with van der Waals surface area (Å²) >= 11 is 3.84. The summed E-state index contributed by atoms with van der Waals surface area (Å²) in [5.41, 5.74) is 0. The lowest BCUT2D eigenvalue weighted by Crippen LogP contribution is -2.12. The third-order valence-electron chi connectivity index (χ3n) is 3.86. The smallest absolute Gasteiger partial charge is 0.119 e. The molecule has 0 aliphatic heterocycles. The van der Waals surface area contributed by atoms with Crippen LogP contribution in [0.15, 0.2) is 24.3 Å². The number of halogens is 1. The second-order valence-corrected chi connectivity index (χ2v) is 6.40. The molecule has 1 saturated carbocycles. The molecule has 2 nitrogen and oxygen atoms in total. The van der Waals surface area contributed by atoms with Gasteiger partial charge < -0.3 is 9.47 Å². The van der Waals surface area contributed by atoms with E-state index in [9.17, 15) is 0 Å². The average molecular weight is 327 g/mol. The van der Waals surface area contributed by atoms with Gasteiger partial charge in [-0.25, -0.2) is 0 Å². The van der Waals surface area contributed by atoms with Crippen molar-refractivity contribution in [1.82, 2.24) is 0 Å². The quantitative estimate of drug-likeness (QED) is 0.529. The van der Waals surface area contributed by atoms with E-state index in [1.54, 1.807) is 7.11 Å². The molecule has 0 heterocycles. The number of benzene rings is 1. The number of ether oxygens (including phenoxy) is 2. The SMILES string of the molecule is COc1ccc(OCCCC(Br)C2CCCC2)cc1. The maximum absolute atomic E-state index is 5.74. The van der Waals surface area contributed by atoms with Gasteiger partial charge >= 0.3 is 0 Å². The van der Waals surface area contributed by atoms with Crippen LogP contribution in [-0.4, -0.2) is 18.5 Å². The van der Waals surface area contributed by atoms with Crippen LogP contribution in [0.2, 0.25) is 0 Å². The molecule has 1 aliphatic carbocycles. The van der Waals surface area contributed by atoms with Gasteiger partial charge in [-0.15, -0.1) is 0 Å². The molecule has 1 aromatic rings. The van der Waals surface area contributed by atoms with Crippen LogP contribution in [0.1, 0.15) is 38.5 Å². The Kier molecular flexibility index (Phi) is 6.02. The van der Waals surface area contributed by atoms with Gasteiger partial charge in [-0.2, -0.15) is 0 Å². The molecule has 3 heteroatoms. The molecule has 1 aliphatic rings. The molecule has 1 aromatic carbocycles. The van der Waals surface area contributed by atoms with Crippen LogP contribution in [0, 0.1) is 5.92 Å². The lowest BCUT2D eigenvalue weighted by atomic mass is 10.0. The van der Waals surface area contributed by atoms with Gasteiger partial charge in [0.25, 0.3) is 0 Å². The Morgan fingerprint density at radius 1 is 1.16 bits per heavy atom. The van der Waals surface area contributed by atoms with Gasteiger partial charge in [0.2, 0.25) is 0 Å². The summed E-state index contributed by atoms with van der Waals surface area (Å²) in [6, 6.07) is 7.78. The van der Waals surface area contributed by atoms with Crippen LogP contribution in [0.25, 0.3) is 0 Å². The second kappa shape index (κ2) is 7.78. The van der Waals surface area contributed by atoms with Crippen molar-refractivity contribution in [2.45, 2.75) is 43.4 Å². The van der Waals surface area contributed by atoms with Gasteiger partial charge in [-0.3, -0.25) is 0 Å². The van der Waals surface area contributed by atoms with Crippen LogP contribution in [0.5, 0.6) is 11.5 Å². The molecule has 0 spiro atoms. The average Bonchev–Trinajstić information content (AvgIpc) is 2.98. The molecule has 0 aromatic heterocycles. The lowest BCUT2D eigenvalue weighted by Gasteiger charge is -2.16. The summed E-state index contributed by atoms with van der Waals surface area (Å²) in [6.07, 6.45) is 7.94. The largest absolute Gasteiger partial charge is 0.497 e. The molecule has 0 bridgehead atoms. The first-order valence-corrected chi connectivity index (χ1v) is 8.12. The molecule has 1 unspecified atom stereocenters. The highest BCUT2D eigenvalue weighted by Gasteiger charge is 2.22. The molecule has 19 heavy (non-hydrogen) atoms.